The van der Waals surface area contributed by atoms with Gasteiger partial charge in [-0.1, -0.05) is 13.8 Å². The lowest BCUT2D eigenvalue weighted by Crippen LogP contribution is -2.55. The van der Waals surface area contributed by atoms with Crippen molar-refractivity contribution in [1.29, 1.82) is 0 Å². The van der Waals surface area contributed by atoms with Crippen molar-refractivity contribution in [3.05, 3.63) is 16.6 Å². The first-order valence-corrected chi connectivity index (χ1v) is 8.75. The van der Waals surface area contributed by atoms with Crippen LogP contribution in [0.3, 0.4) is 0 Å². The van der Waals surface area contributed by atoms with Gasteiger partial charge in [0.05, 0.1) is 10.6 Å². The number of nitrogens with one attached hydrogen (secondary N) is 1. The Kier molecular flexibility index (Phi) is 6.00. The lowest BCUT2D eigenvalue weighted by Gasteiger charge is -2.44. The highest BCUT2D eigenvalue weighted by atomic mass is 32.1. The molecule has 114 valence electrons. The fourth-order valence-corrected chi connectivity index (χ4v) is 3.90. The Bertz CT molecular complexity index is 372. The van der Waals surface area contributed by atoms with Crippen LogP contribution >= 0.6 is 11.3 Å². The Morgan fingerprint density at radius 2 is 2.25 bits per heavy atom. The predicted octanol–water partition coefficient (Wildman–Crippen LogP) is 3.65. The molecule has 0 aliphatic heterocycles. The summed E-state index contributed by atoms with van der Waals surface area (Å²) in [5.74, 6) is 0.838. The van der Waals surface area contributed by atoms with E-state index in [4.69, 9.17) is 4.74 Å². The zero-order valence-corrected chi connectivity index (χ0v) is 13.8. The van der Waals surface area contributed by atoms with Gasteiger partial charge in [-0.3, -0.25) is 0 Å². The van der Waals surface area contributed by atoms with Gasteiger partial charge in [-0.25, -0.2) is 4.98 Å². The van der Waals surface area contributed by atoms with Crippen molar-refractivity contribution in [2.24, 2.45) is 5.92 Å². The van der Waals surface area contributed by atoms with Crippen LogP contribution in [-0.2, 0) is 11.2 Å². The first kappa shape index (κ1) is 15.9. The van der Waals surface area contributed by atoms with Crippen LogP contribution in [0.1, 0.15) is 51.0 Å². The number of methoxy groups -OCH3 is 1. The van der Waals surface area contributed by atoms with E-state index >= 15 is 0 Å². The third-order valence-corrected chi connectivity index (χ3v) is 5.47. The maximum absolute atomic E-state index is 6.05. The van der Waals surface area contributed by atoms with E-state index in [9.17, 15) is 0 Å². The highest BCUT2D eigenvalue weighted by Gasteiger charge is 2.41. The summed E-state index contributed by atoms with van der Waals surface area (Å²) in [6.45, 7) is 5.63. The molecule has 20 heavy (non-hydrogen) atoms. The van der Waals surface area contributed by atoms with Crippen molar-refractivity contribution in [3.8, 4) is 0 Å². The normalized spacial score (nSPS) is 28.4. The highest BCUT2D eigenvalue weighted by Crippen LogP contribution is 2.38. The molecule has 1 aliphatic rings. The largest absolute Gasteiger partial charge is 0.377 e. The van der Waals surface area contributed by atoms with Gasteiger partial charge in [-0.15, -0.1) is 11.3 Å². The summed E-state index contributed by atoms with van der Waals surface area (Å²) >= 11 is 1.75. The van der Waals surface area contributed by atoms with Crippen molar-refractivity contribution in [2.75, 3.05) is 13.7 Å². The maximum atomic E-state index is 6.05. The first-order valence-electron chi connectivity index (χ1n) is 7.87. The van der Waals surface area contributed by atoms with E-state index in [2.05, 4.69) is 29.5 Å². The molecular weight excluding hydrogens is 268 g/mol. The third kappa shape index (κ3) is 3.80. The van der Waals surface area contributed by atoms with Gasteiger partial charge in [0, 0.05) is 31.1 Å². The highest BCUT2D eigenvalue weighted by molar-refractivity contribution is 7.09. The topological polar surface area (TPSA) is 34.2 Å². The zero-order chi connectivity index (χ0) is 14.4. The Balaban J connectivity index is 2.10. The molecule has 0 aromatic carbocycles. The van der Waals surface area contributed by atoms with E-state index in [1.165, 1.54) is 17.8 Å². The average molecular weight is 296 g/mol. The Morgan fingerprint density at radius 3 is 2.80 bits per heavy atom. The van der Waals surface area contributed by atoms with Gasteiger partial charge in [0.2, 0.25) is 0 Å². The molecule has 1 atom stereocenters. The summed E-state index contributed by atoms with van der Waals surface area (Å²) < 4.78 is 6.05. The van der Waals surface area contributed by atoms with Gasteiger partial charge in [0.15, 0.2) is 0 Å². The molecular formula is C16H28N2OS. The van der Waals surface area contributed by atoms with Crippen LogP contribution in [0.25, 0.3) is 0 Å². The van der Waals surface area contributed by atoms with E-state index in [1.807, 2.05) is 13.3 Å². The molecule has 1 aromatic heterocycles. The van der Waals surface area contributed by atoms with Crippen LogP contribution in [-0.4, -0.2) is 30.3 Å². The number of hydrogen-bond acceptors (Lipinski definition) is 4. The molecule has 2 rings (SSSR count). The predicted molar refractivity (Wildman–Crippen MR) is 85.3 cm³/mol. The van der Waals surface area contributed by atoms with E-state index in [-0.39, 0.29) is 5.60 Å². The Morgan fingerprint density at radius 1 is 1.50 bits per heavy atom. The second kappa shape index (κ2) is 7.53. The number of thiazole rings is 1. The van der Waals surface area contributed by atoms with Crippen molar-refractivity contribution < 1.29 is 4.74 Å². The minimum atomic E-state index is -0.00660. The molecule has 1 fully saturated rings. The zero-order valence-electron chi connectivity index (χ0n) is 13.0. The number of aromatic nitrogens is 1. The number of ether oxygens (including phenoxy) is 1. The van der Waals surface area contributed by atoms with Gasteiger partial charge in [0.1, 0.15) is 0 Å². The number of nitrogens with zero attached hydrogens (tertiary/aromatic N) is 1. The second-order valence-electron chi connectivity index (χ2n) is 6.09. The van der Waals surface area contributed by atoms with E-state index in [0.29, 0.717) is 6.04 Å². The summed E-state index contributed by atoms with van der Waals surface area (Å²) in [6, 6.07) is 0.381. The fourth-order valence-electron chi connectivity index (χ4n) is 3.24. The lowest BCUT2D eigenvalue weighted by atomic mass is 9.74. The van der Waals surface area contributed by atoms with Gasteiger partial charge in [-0.05, 0) is 44.6 Å². The standard InChI is InChI=1S/C16H28N2OS/c1-4-9-17-14(12-15-18-10-11-20-15)16(19-3)7-5-13(2)6-8-16/h10-11,13-14,17H,4-9,12H2,1-3H3. The third-order valence-electron chi connectivity index (χ3n) is 4.67. The van der Waals surface area contributed by atoms with Gasteiger partial charge >= 0.3 is 0 Å². The average Bonchev–Trinajstić information content (AvgIpc) is 2.98. The van der Waals surface area contributed by atoms with Crippen LogP contribution in [0.15, 0.2) is 11.6 Å². The van der Waals surface area contributed by atoms with Crippen LogP contribution < -0.4 is 5.32 Å². The van der Waals surface area contributed by atoms with Crippen LogP contribution in [0.5, 0.6) is 0 Å². The molecule has 1 N–H and O–H groups in total. The van der Waals surface area contributed by atoms with Gasteiger partial charge in [-0.2, -0.15) is 0 Å². The molecule has 1 aromatic rings. The van der Waals surface area contributed by atoms with Crippen molar-refractivity contribution in [1.82, 2.24) is 10.3 Å². The minimum Gasteiger partial charge on any atom is -0.377 e. The molecule has 1 unspecified atom stereocenters. The smallest absolute Gasteiger partial charge is 0.0941 e. The van der Waals surface area contributed by atoms with E-state index in [0.717, 1.165) is 38.1 Å². The van der Waals surface area contributed by atoms with Crippen LogP contribution in [0.2, 0.25) is 0 Å². The fraction of sp³-hybridized carbons (Fsp3) is 0.812. The first-order chi connectivity index (χ1) is 9.70. The molecule has 0 spiro atoms. The number of rotatable bonds is 7. The van der Waals surface area contributed by atoms with Crippen molar-refractivity contribution >= 4 is 11.3 Å². The van der Waals surface area contributed by atoms with Crippen molar-refractivity contribution in [2.45, 2.75) is 64.0 Å². The molecule has 0 bridgehead atoms. The molecule has 0 saturated heterocycles. The Labute approximate surface area is 127 Å². The van der Waals surface area contributed by atoms with Crippen LogP contribution in [0, 0.1) is 5.92 Å². The molecule has 1 saturated carbocycles. The van der Waals surface area contributed by atoms with Gasteiger partial charge in [0.25, 0.3) is 0 Å². The van der Waals surface area contributed by atoms with Gasteiger partial charge < -0.3 is 10.1 Å². The van der Waals surface area contributed by atoms with Crippen molar-refractivity contribution in [3.63, 3.8) is 0 Å². The van der Waals surface area contributed by atoms with E-state index in [1.54, 1.807) is 11.3 Å². The molecule has 0 radical (unpaired) electrons. The molecule has 1 aliphatic carbocycles. The second-order valence-corrected chi connectivity index (χ2v) is 7.07. The summed E-state index contributed by atoms with van der Waals surface area (Å²) in [5.41, 5.74) is -0.00660. The Hall–Kier alpha value is -0.450. The minimum absolute atomic E-state index is 0.00660. The SMILES string of the molecule is CCCNC(Cc1nccs1)C1(OC)CCC(C)CC1. The summed E-state index contributed by atoms with van der Waals surface area (Å²) in [5, 5.41) is 7.01. The summed E-state index contributed by atoms with van der Waals surface area (Å²) in [6.07, 6.45) is 8.92. The summed E-state index contributed by atoms with van der Waals surface area (Å²) in [4.78, 5) is 4.46. The molecule has 0 amide bonds. The molecule has 3 nitrogen and oxygen atoms in total. The monoisotopic (exact) mass is 296 g/mol. The van der Waals surface area contributed by atoms with Crippen LogP contribution in [0.4, 0.5) is 0 Å². The molecule has 1 heterocycles. The van der Waals surface area contributed by atoms with E-state index < -0.39 is 0 Å². The maximum Gasteiger partial charge on any atom is 0.0941 e. The lowest BCUT2D eigenvalue weighted by molar-refractivity contribution is -0.0745. The molecule has 4 heteroatoms. The summed E-state index contributed by atoms with van der Waals surface area (Å²) in [7, 11) is 1.89. The quantitative estimate of drug-likeness (QED) is 0.834. The number of hydrogen-bond donors (Lipinski definition) is 1.